The van der Waals surface area contributed by atoms with Crippen molar-refractivity contribution in [3.63, 3.8) is 0 Å². The third-order valence-electron chi connectivity index (χ3n) is 4.70. The summed E-state index contributed by atoms with van der Waals surface area (Å²) in [6.07, 6.45) is 0.274. The van der Waals surface area contributed by atoms with Crippen LogP contribution in [0.4, 0.5) is 4.39 Å². The van der Waals surface area contributed by atoms with Gasteiger partial charge in [-0.2, -0.15) is 0 Å². The summed E-state index contributed by atoms with van der Waals surface area (Å²) < 4.78 is 23.9. The molecular weight excluding hydrogens is 305 g/mol. The molecule has 0 radical (unpaired) electrons. The number of hydrogen-bond donors (Lipinski definition) is 2. The number of rotatable bonds is 6. The number of methoxy groups -OCH3 is 1. The molecule has 1 amide bonds. The van der Waals surface area contributed by atoms with E-state index in [9.17, 15) is 19.1 Å². The van der Waals surface area contributed by atoms with E-state index in [0.717, 1.165) is 0 Å². The van der Waals surface area contributed by atoms with Gasteiger partial charge in [0.25, 0.3) is 5.91 Å². The number of carboxylic acid groups (broad SMARTS) is 1. The summed E-state index contributed by atoms with van der Waals surface area (Å²) in [5, 5.41) is 11.8. The third kappa shape index (κ3) is 2.45. The number of benzene rings is 1. The maximum Gasteiger partial charge on any atom is 0.312 e. The van der Waals surface area contributed by atoms with Crippen molar-refractivity contribution in [2.75, 3.05) is 20.4 Å². The van der Waals surface area contributed by atoms with Crippen molar-refractivity contribution in [3.8, 4) is 5.75 Å². The van der Waals surface area contributed by atoms with E-state index in [1.54, 1.807) is 24.3 Å². The lowest BCUT2D eigenvalue weighted by Crippen LogP contribution is -2.57. The molecule has 6 nitrogen and oxygen atoms in total. The van der Waals surface area contributed by atoms with Crippen LogP contribution in [0.5, 0.6) is 5.75 Å². The average Bonchev–Trinajstić information content (AvgIpc) is 3.10. The van der Waals surface area contributed by atoms with Gasteiger partial charge in [0.1, 0.15) is 18.0 Å². The predicted octanol–water partition coefficient (Wildman–Crippen LogP) is 1.46. The molecule has 1 saturated carbocycles. The Morgan fingerprint density at radius 1 is 1.48 bits per heavy atom. The van der Waals surface area contributed by atoms with Crippen LogP contribution < -0.4 is 10.1 Å². The topological polar surface area (TPSA) is 84.9 Å². The highest BCUT2D eigenvalue weighted by Crippen LogP contribution is 2.58. The Bertz CT molecular complexity index is 641. The number of nitrogens with one attached hydrogen (secondary N) is 1. The number of halogens is 1. The Balaban J connectivity index is 1.71. The molecule has 2 heterocycles. The van der Waals surface area contributed by atoms with Crippen LogP contribution in [-0.2, 0) is 14.3 Å². The molecule has 1 aromatic carbocycles. The molecule has 7 heteroatoms. The Labute approximate surface area is 132 Å². The number of ether oxygens (including phenoxy) is 2. The maximum absolute atomic E-state index is 13.4. The molecule has 4 rings (SSSR count). The summed E-state index contributed by atoms with van der Waals surface area (Å²) in [5.74, 6) is -0.843. The number of amides is 1. The molecule has 2 aliphatic heterocycles. The molecule has 1 aliphatic carbocycles. The first-order valence-corrected chi connectivity index (χ1v) is 7.33. The summed E-state index contributed by atoms with van der Waals surface area (Å²) in [6.45, 7) is -0.756. The summed E-state index contributed by atoms with van der Waals surface area (Å²) in [7, 11) is 1.51. The quantitative estimate of drug-likeness (QED) is 0.828. The van der Waals surface area contributed by atoms with E-state index in [1.807, 2.05) is 0 Å². The molecule has 2 bridgehead atoms. The fraction of sp³-hybridized carbons (Fsp3) is 0.500. The minimum atomic E-state index is -1.13. The zero-order chi connectivity index (χ0) is 16.7. The summed E-state index contributed by atoms with van der Waals surface area (Å²) in [6, 6.07) is 5.97. The lowest BCUT2D eigenvalue weighted by atomic mass is 9.62. The first kappa shape index (κ1) is 15.7. The Morgan fingerprint density at radius 2 is 2.22 bits per heavy atom. The van der Waals surface area contributed by atoms with E-state index in [0.29, 0.717) is 11.3 Å². The van der Waals surface area contributed by atoms with Crippen LogP contribution in [0.3, 0.4) is 0 Å². The highest BCUT2D eigenvalue weighted by atomic mass is 19.1. The maximum atomic E-state index is 13.4. The van der Waals surface area contributed by atoms with Crippen molar-refractivity contribution >= 4 is 11.9 Å². The second-order valence-electron chi connectivity index (χ2n) is 6.18. The number of fused-ring (bicyclic) bond motifs is 1. The van der Waals surface area contributed by atoms with E-state index in [2.05, 4.69) is 5.32 Å². The summed E-state index contributed by atoms with van der Waals surface area (Å²) in [4.78, 5) is 23.7. The third-order valence-corrected chi connectivity index (χ3v) is 4.70. The van der Waals surface area contributed by atoms with Gasteiger partial charge < -0.3 is 19.9 Å². The summed E-state index contributed by atoms with van der Waals surface area (Å²) >= 11 is 0. The van der Waals surface area contributed by atoms with Crippen LogP contribution in [0, 0.1) is 5.41 Å². The number of hydrogen-bond acceptors (Lipinski definition) is 4. The van der Waals surface area contributed by atoms with E-state index < -0.39 is 35.6 Å². The van der Waals surface area contributed by atoms with Gasteiger partial charge >= 0.3 is 5.97 Å². The van der Waals surface area contributed by atoms with Gasteiger partial charge in [0.05, 0.1) is 25.2 Å². The minimum Gasteiger partial charge on any atom is -0.497 e. The fourth-order valence-corrected chi connectivity index (χ4v) is 3.32. The average molecular weight is 323 g/mol. The Morgan fingerprint density at radius 3 is 2.78 bits per heavy atom. The van der Waals surface area contributed by atoms with Gasteiger partial charge in [-0.3, -0.25) is 9.59 Å². The number of carbonyl (C=O) groups is 2. The molecule has 124 valence electrons. The van der Waals surface area contributed by atoms with Crippen molar-refractivity contribution in [3.05, 3.63) is 29.8 Å². The molecule has 1 atom stereocenters. The Kier molecular flexibility index (Phi) is 3.75. The molecule has 3 aliphatic rings. The van der Waals surface area contributed by atoms with Gasteiger partial charge in [0, 0.05) is 12.8 Å². The molecule has 1 unspecified atom stereocenters. The van der Waals surface area contributed by atoms with Crippen LogP contribution in [-0.4, -0.2) is 43.0 Å². The largest absolute Gasteiger partial charge is 0.497 e. The van der Waals surface area contributed by atoms with Crippen molar-refractivity contribution in [2.24, 2.45) is 5.41 Å². The molecule has 0 aromatic heterocycles. The van der Waals surface area contributed by atoms with Crippen molar-refractivity contribution < 1.29 is 28.6 Å². The van der Waals surface area contributed by atoms with Crippen molar-refractivity contribution in [1.29, 1.82) is 0 Å². The number of aliphatic carboxylic acids is 1. The van der Waals surface area contributed by atoms with Crippen LogP contribution in [0.25, 0.3) is 0 Å². The van der Waals surface area contributed by atoms with Gasteiger partial charge in [-0.05, 0) is 17.7 Å². The minimum absolute atomic E-state index is 0.0230. The van der Waals surface area contributed by atoms with Crippen LogP contribution in [0.2, 0.25) is 0 Å². The highest BCUT2D eigenvalue weighted by Gasteiger charge is 2.70. The normalized spacial score (nSPS) is 29.5. The SMILES string of the molecule is COc1cccc(C(CF)NC(=O)C23CC(C(=O)O)(CO2)C3)c1. The number of alkyl halides is 1. The number of carboxylic acids is 1. The standard InChI is InChI=1S/C16H18FNO5/c1-22-11-4-2-3-10(5-11)12(6-17)18-13(19)16-7-15(8-16,9-23-16)14(20)21/h2-5,12H,6-9H2,1H3,(H,18,19)(H,20,21). The molecule has 2 N–H and O–H groups in total. The monoisotopic (exact) mass is 323 g/mol. The number of carbonyl (C=O) groups excluding carboxylic acids is 1. The zero-order valence-corrected chi connectivity index (χ0v) is 12.7. The van der Waals surface area contributed by atoms with Crippen LogP contribution in [0.1, 0.15) is 24.4 Å². The highest BCUT2D eigenvalue weighted by molar-refractivity contribution is 5.92. The van der Waals surface area contributed by atoms with Gasteiger partial charge in [0.2, 0.25) is 0 Å². The van der Waals surface area contributed by atoms with E-state index in [-0.39, 0.29) is 19.4 Å². The molecule has 2 saturated heterocycles. The smallest absolute Gasteiger partial charge is 0.312 e. The van der Waals surface area contributed by atoms with E-state index in [1.165, 1.54) is 7.11 Å². The molecular formula is C16H18FNO5. The van der Waals surface area contributed by atoms with Crippen LogP contribution >= 0.6 is 0 Å². The summed E-state index contributed by atoms with van der Waals surface area (Å²) in [5.41, 5.74) is -1.51. The van der Waals surface area contributed by atoms with Gasteiger partial charge in [0.15, 0.2) is 0 Å². The molecule has 1 aromatic rings. The van der Waals surface area contributed by atoms with Gasteiger partial charge in [-0.1, -0.05) is 12.1 Å². The molecule has 0 spiro atoms. The lowest BCUT2D eigenvalue weighted by molar-refractivity contribution is -0.159. The fourth-order valence-electron chi connectivity index (χ4n) is 3.32. The van der Waals surface area contributed by atoms with Crippen LogP contribution in [0.15, 0.2) is 24.3 Å². The first-order chi connectivity index (χ1) is 10.9. The Hall–Kier alpha value is -2.15. The second-order valence-corrected chi connectivity index (χ2v) is 6.18. The van der Waals surface area contributed by atoms with E-state index in [4.69, 9.17) is 9.47 Å². The second kappa shape index (κ2) is 5.49. The first-order valence-electron chi connectivity index (χ1n) is 7.33. The zero-order valence-electron chi connectivity index (χ0n) is 12.7. The van der Waals surface area contributed by atoms with E-state index >= 15 is 0 Å². The van der Waals surface area contributed by atoms with Crippen molar-refractivity contribution in [1.82, 2.24) is 5.32 Å². The van der Waals surface area contributed by atoms with Gasteiger partial charge in [-0.15, -0.1) is 0 Å². The van der Waals surface area contributed by atoms with Crippen molar-refractivity contribution in [2.45, 2.75) is 24.5 Å². The predicted molar refractivity (Wildman–Crippen MR) is 77.8 cm³/mol. The molecule has 23 heavy (non-hydrogen) atoms. The van der Waals surface area contributed by atoms with Gasteiger partial charge in [-0.25, -0.2) is 4.39 Å². The molecule has 3 fully saturated rings. The lowest BCUT2D eigenvalue weighted by Gasteiger charge is -2.40.